The lowest BCUT2D eigenvalue weighted by Gasteiger charge is -2.29. The van der Waals surface area contributed by atoms with Gasteiger partial charge in [0.1, 0.15) is 0 Å². The molecule has 2 amide bonds. The van der Waals surface area contributed by atoms with Crippen LogP contribution in [0.2, 0.25) is 0 Å². The standard InChI is InChI=1S/C19H24N2O5/c1-19(2,3)12-8-6-11(7-9-12)16-15(17(23)26-5)13(10-14(22)25-4)20-18(24)21-16/h6-9,16H,10H2,1-5H3,(H2,20,21,24)/t16-/m1/s1. The fourth-order valence-corrected chi connectivity index (χ4v) is 2.75. The number of ether oxygens (including phenoxy) is 2. The van der Waals surface area contributed by atoms with Gasteiger partial charge in [-0.2, -0.15) is 0 Å². The molecule has 0 radical (unpaired) electrons. The Bertz CT molecular complexity index is 744. The number of benzene rings is 1. The summed E-state index contributed by atoms with van der Waals surface area (Å²) >= 11 is 0. The average molecular weight is 360 g/mol. The van der Waals surface area contributed by atoms with E-state index >= 15 is 0 Å². The Hall–Kier alpha value is -2.83. The Morgan fingerprint density at radius 2 is 1.69 bits per heavy atom. The van der Waals surface area contributed by atoms with Gasteiger partial charge in [0, 0.05) is 5.70 Å². The molecule has 1 aliphatic heterocycles. The topological polar surface area (TPSA) is 93.7 Å². The van der Waals surface area contributed by atoms with Gasteiger partial charge in [0.15, 0.2) is 0 Å². The molecule has 0 saturated heterocycles. The summed E-state index contributed by atoms with van der Waals surface area (Å²) in [6.07, 6.45) is -0.231. The van der Waals surface area contributed by atoms with Crippen LogP contribution in [0, 0.1) is 0 Å². The smallest absolute Gasteiger partial charge is 0.337 e. The molecule has 0 spiro atoms. The molecule has 1 atom stereocenters. The Balaban J connectivity index is 2.49. The number of hydrogen-bond donors (Lipinski definition) is 2. The zero-order valence-electron chi connectivity index (χ0n) is 15.6. The molecule has 2 rings (SSSR count). The first kappa shape index (κ1) is 19.5. The lowest BCUT2D eigenvalue weighted by molar-refractivity contribution is -0.139. The van der Waals surface area contributed by atoms with Crippen molar-refractivity contribution in [3.05, 3.63) is 46.7 Å². The molecule has 0 bridgehead atoms. The van der Waals surface area contributed by atoms with Gasteiger partial charge in [-0.3, -0.25) is 4.79 Å². The minimum absolute atomic E-state index is 0.0209. The molecular weight excluding hydrogens is 336 g/mol. The molecule has 7 heteroatoms. The summed E-state index contributed by atoms with van der Waals surface area (Å²) in [5.74, 6) is -1.19. The van der Waals surface area contributed by atoms with Crippen molar-refractivity contribution >= 4 is 18.0 Å². The van der Waals surface area contributed by atoms with E-state index < -0.39 is 24.0 Å². The van der Waals surface area contributed by atoms with Gasteiger partial charge in [-0.1, -0.05) is 45.0 Å². The molecule has 0 fully saturated rings. The minimum atomic E-state index is -0.718. The summed E-state index contributed by atoms with van der Waals surface area (Å²) in [5.41, 5.74) is 2.18. The second kappa shape index (κ2) is 7.59. The Kier molecular flexibility index (Phi) is 5.69. The van der Waals surface area contributed by atoms with Crippen LogP contribution in [0.15, 0.2) is 35.5 Å². The summed E-state index contributed by atoms with van der Waals surface area (Å²) < 4.78 is 9.51. The van der Waals surface area contributed by atoms with Crippen LogP contribution in [0.4, 0.5) is 4.79 Å². The third-order valence-corrected chi connectivity index (χ3v) is 4.22. The summed E-state index contributed by atoms with van der Waals surface area (Å²) in [6, 6.07) is 6.41. The van der Waals surface area contributed by atoms with Crippen molar-refractivity contribution in [1.82, 2.24) is 10.6 Å². The average Bonchev–Trinajstić information content (AvgIpc) is 2.59. The maximum atomic E-state index is 12.3. The quantitative estimate of drug-likeness (QED) is 0.804. The zero-order valence-corrected chi connectivity index (χ0v) is 15.6. The molecule has 0 aromatic heterocycles. The van der Waals surface area contributed by atoms with E-state index in [9.17, 15) is 14.4 Å². The van der Waals surface area contributed by atoms with Crippen molar-refractivity contribution < 1.29 is 23.9 Å². The van der Waals surface area contributed by atoms with E-state index in [0.29, 0.717) is 0 Å². The van der Waals surface area contributed by atoms with E-state index in [4.69, 9.17) is 4.74 Å². The lowest BCUT2D eigenvalue weighted by Crippen LogP contribution is -2.46. The van der Waals surface area contributed by atoms with Crippen LogP contribution in [0.3, 0.4) is 0 Å². The Labute approximate surface area is 152 Å². The first-order valence-electron chi connectivity index (χ1n) is 8.23. The molecule has 1 aliphatic rings. The van der Waals surface area contributed by atoms with Gasteiger partial charge >= 0.3 is 18.0 Å². The molecule has 1 aromatic carbocycles. The summed E-state index contributed by atoms with van der Waals surface area (Å²) in [7, 11) is 2.49. The van der Waals surface area contributed by atoms with Crippen molar-refractivity contribution in [3.63, 3.8) is 0 Å². The van der Waals surface area contributed by atoms with Crippen LogP contribution >= 0.6 is 0 Å². The van der Waals surface area contributed by atoms with Crippen LogP contribution < -0.4 is 10.6 Å². The zero-order chi connectivity index (χ0) is 19.5. The second-order valence-electron chi connectivity index (χ2n) is 7.04. The summed E-state index contributed by atoms with van der Waals surface area (Å²) in [5, 5.41) is 5.23. The summed E-state index contributed by atoms with van der Waals surface area (Å²) in [6.45, 7) is 6.30. The van der Waals surface area contributed by atoms with E-state index in [1.807, 2.05) is 24.3 Å². The van der Waals surface area contributed by atoms with Crippen LogP contribution in [0.25, 0.3) is 0 Å². The highest BCUT2D eigenvalue weighted by molar-refractivity contribution is 5.96. The Morgan fingerprint density at radius 3 is 2.19 bits per heavy atom. The highest BCUT2D eigenvalue weighted by Crippen LogP contribution is 2.31. The van der Waals surface area contributed by atoms with Gasteiger partial charge in [-0.25, -0.2) is 9.59 Å². The van der Waals surface area contributed by atoms with Gasteiger partial charge in [0.25, 0.3) is 0 Å². The normalized spacial score (nSPS) is 17.3. The number of carbonyl (C=O) groups is 3. The third kappa shape index (κ3) is 4.22. The number of nitrogens with one attached hydrogen (secondary N) is 2. The van der Waals surface area contributed by atoms with Gasteiger partial charge in [-0.15, -0.1) is 0 Å². The molecule has 0 saturated carbocycles. The van der Waals surface area contributed by atoms with Gasteiger partial charge in [0.05, 0.1) is 32.3 Å². The van der Waals surface area contributed by atoms with E-state index in [1.165, 1.54) is 14.2 Å². The van der Waals surface area contributed by atoms with Crippen molar-refractivity contribution in [2.45, 2.75) is 38.6 Å². The minimum Gasteiger partial charge on any atom is -0.469 e. The molecular formula is C19H24N2O5. The number of methoxy groups -OCH3 is 2. The predicted octanol–water partition coefficient (Wildman–Crippen LogP) is 2.33. The number of rotatable bonds is 4. The van der Waals surface area contributed by atoms with Gasteiger partial charge in [0.2, 0.25) is 0 Å². The van der Waals surface area contributed by atoms with Crippen LogP contribution in [-0.2, 0) is 24.5 Å². The van der Waals surface area contributed by atoms with Crippen molar-refractivity contribution in [2.75, 3.05) is 14.2 Å². The molecule has 0 aliphatic carbocycles. The van der Waals surface area contributed by atoms with E-state index in [-0.39, 0.29) is 23.1 Å². The number of esters is 2. The van der Waals surface area contributed by atoms with Crippen LogP contribution in [0.5, 0.6) is 0 Å². The number of amides is 2. The maximum absolute atomic E-state index is 12.3. The van der Waals surface area contributed by atoms with Crippen LogP contribution in [-0.4, -0.2) is 32.2 Å². The largest absolute Gasteiger partial charge is 0.469 e. The van der Waals surface area contributed by atoms with E-state index in [1.54, 1.807) is 0 Å². The number of carbonyl (C=O) groups excluding carboxylic acids is 3. The third-order valence-electron chi connectivity index (χ3n) is 4.22. The Morgan fingerprint density at radius 1 is 1.08 bits per heavy atom. The molecule has 26 heavy (non-hydrogen) atoms. The second-order valence-corrected chi connectivity index (χ2v) is 7.04. The predicted molar refractivity (Wildman–Crippen MR) is 95.2 cm³/mol. The monoisotopic (exact) mass is 360 g/mol. The van der Waals surface area contributed by atoms with Crippen molar-refractivity contribution in [2.24, 2.45) is 0 Å². The van der Waals surface area contributed by atoms with E-state index in [0.717, 1.165) is 11.1 Å². The number of hydrogen-bond acceptors (Lipinski definition) is 5. The number of urea groups is 1. The molecule has 1 heterocycles. The highest BCUT2D eigenvalue weighted by Gasteiger charge is 2.34. The summed E-state index contributed by atoms with van der Waals surface area (Å²) in [4.78, 5) is 36.1. The van der Waals surface area contributed by atoms with Crippen molar-refractivity contribution in [3.8, 4) is 0 Å². The lowest BCUT2D eigenvalue weighted by atomic mass is 9.85. The first-order chi connectivity index (χ1) is 12.2. The fraction of sp³-hybridized carbons (Fsp3) is 0.421. The molecule has 1 aromatic rings. The van der Waals surface area contributed by atoms with Gasteiger partial charge in [-0.05, 0) is 16.5 Å². The molecule has 0 unspecified atom stereocenters. The molecule has 140 valence electrons. The maximum Gasteiger partial charge on any atom is 0.337 e. The van der Waals surface area contributed by atoms with E-state index in [2.05, 4.69) is 36.1 Å². The fourth-order valence-electron chi connectivity index (χ4n) is 2.75. The molecule has 2 N–H and O–H groups in total. The molecule has 7 nitrogen and oxygen atoms in total. The van der Waals surface area contributed by atoms with Crippen molar-refractivity contribution in [1.29, 1.82) is 0 Å². The first-order valence-corrected chi connectivity index (χ1v) is 8.23. The van der Waals surface area contributed by atoms with Crippen LogP contribution in [0.1, 0.15) is 44.4 Å². The SMILES string of the molecule is COC(=O)CC1=C(C(=O)OC)[C@@H](c2ccc(C(C)(C)C)cc2)NC(=O)N1. The van der Waals surface area contributed by atoms with Gasteiger partial charge < -0.3 is 20.1 Å². The highest BCUT2D eigenvalue weighted by atomic mass is 16.5.